The van der Waals surface area contributed by atoms with E-state index in [-0.39, 0.29) is 5.12 Å². The highest BCUT2D eigenvalue weighted by Gasteiger charge is 2.09. The molecule has 0 atom stereocenters. The minimum atomic E-state index is -0.391. The highest BCUT2D eigenvalue weighted by Crippen LogP contribution is 2.19. The number of nitrogens with one attached hydrogen (secondary N) is 1. The second-order valence-corrected chi connectivity index (χ2v) is 4.83. The van der Waals surface area contributed by atoms with Gasteiger partial charge in [0.15, 0.2) is 5.12 Å². The Hall–Kier alpha value is -1.79. The summed E-state index contributed by atoms with van der Waals surface area (Å²) < 4.78 is 5.07. The molecule has 1 rings (SSSR count). The molecule has 0 bridgehead atoms. The Morgan fingerprint density at radius 2 is 2.21 bits per heavy atom. The third-order valence-electron chi connectivity index (χ3n) is 2.32. The largest absolute Gasteiger partial charge is 0.497 e. The van der Waals surface area contributed by atoms with Crippen LogP contribution in [0.4, 0.5) is 0 Å². The topological polar surface area (TPSA) is 81.4 Å². The molecular weight excluding hydrogens is 264 g/mol. The first-order chi connectivity index (χ1) is 9.08. The Labute approximate surface area is 116 Å². The van der Waals surface area contributed by atoms with Gasteiger partial charge in [0.1, 0.15) is 5.75 Å². The quantitative estimate of drug-likeness (QED) is 0.486. The monoisotopic (exact) mass is 280 g/mol. The fraction of sp³-hybridized carbons (Fsp3) is 0.231. The lowest BCUT2D eigenvalue weighted by atomic mass is 10.1. The highest BCUT2D eigenvalue weighted by atomic mass is 32.2. The van der Waals surface area contributed by atoms with Gasteiger partial charge in [-0.15, -0.1) is 0 Å². The van der Waals surface area contributed by atoms with E-state index in [1.807, 2.05) is 6.08 Å². The van der Waals surface area contributed by atoms with E-state index in [4.69, 9.17) is 10.6 Å². The number of hydrazine groups is 1. The number of hydrogen-bond acceptors (Lipinski definition) is 5. The van der Waals surface area contributed by atoms with Crippen LogP contribution in [0, 0.1) is 0 Å². The molecule has 1 amide bonds. The maximum absolute atomic E-state index is 11.7. The molecule has 0 aliphatic rings. The minimum absolute atomic E-state index is 0.0549. The average Bonchev–Trinajstić information content (AvgIpc) is 2.42. The first-order valence-corrected chi connectivity index (χ1v) is 6.56. The standard InChI is InChI=1S/C13H16N2O3S/c1-9(16)19-7-3-4-10-5-6-11(18-2)8-12(10)13(17)15-14/h3-6,8H,7,14H2,1-2H3,(H,15,17). The van der Waals surface area contributed by atoms with Crippen LogP contribution in [0.5, 0.6) is 5.75 Å². The molecule has 5 nitrogen and oxygen atoms in total. The summed E-state index contributed by atoms with van der Waals surface area (Å²) in [5.41, 5.74) is 3.23. The van der Waals surface area contributed by atoms with E-state index in [0.29, 0.717) is 22.6 Å². The van der Waals surface area contributed by atoms with E-state index < -0.39 is 5.91 Å². The van der Waals surface area contributed by atoms with Gasteiger partial charge in [-0.2, -0.15) is 0 Å². The summed E-state index contributed by atoms with van der Waals surface area (Å²) in [6.07, 6.45) is 3.60. The average molecular weight is 280 g/mol. The van der Waals surface area contributed by atoms with Gasteiger partial charge in [0, 0.05) is 12.7 Å². The Morgan fingerprint density at radius 3 is 2.79 bits per heavy atom. The van der Waals surface area contributed by atoms with Crippen molar-refractivity contribution in [3.63, 3.8) is 0 Å². The Kier molecular flexibility index (Phi) is 6.11. The fourth-order valence-electron chi connectivity index (χ4n) is 1.42. The predicted octanol–water partition coefficient (Wildman–Crippen LogP) is 1.59. The van der Waals surface area contributed by atoms with E-state index in [9.17, 15) is 9.59 Å². The van der Waals surface area contributed by atoms with Crippen LogP contribution < -0.4 is 16.0 Å². The van der Waals surface area contributed by atoms with Gasteiger partial charge >= 0.3 is 0 Å². The zero-order chi connectivity index (χ0) is 14.3. The van der Waals surface area contributed by atoms with Crippen LogP contribution in [-0.2, 0) is 4.79 Å². The second kappa shape index (κ2) is 7.60. The van der Waals surface area contributed by atoms with Gasteiger partial charge in [0.2, 0.25) is 0 Å². The molecule has 19 heavy (non-hydrogen) atoms. The van der Waals surface area contributed by atoms with E-state index >= 15 is 0 Å². The van der Waals surface area contributed by atoms with Crippen LogP contribution in [0.15, 0.2) is 24.3 Å². The first-order valence-electron chi connectivity index (χ1n) is 5.57. The Balaban J connectivity index is 2.92. The molecule has 0 saturated carbocycles. The molecule has 0 saturated heterocycles. The molecule has 0 aromatic heterocycles. The number of carbonyl (C=O) groups excluding carboxylic acids is 2. The maximum Gasteiger partial charge on any atom is 0.265 e. The van der Waals surface area contributed by atoms with Gasteiger partial charge in [0.25, 0.3) is 5.91 Å². The number of methoxy groups -OCH3 is 1. The van der Waals surface area contributed by atoms with Crippen LogP contribution in [0.3, 0.4) is 0 Å². The summed E-state index contributed by atoms with van der Waals surface area (Å²) in [6, 6.07) is 5.13. The summed E-state index contributed by atoms with van der Waals surface area (Å²) >= 11 is 1.20. The minimum Gasteiger partial charge on any atom is -0.497 e. The van der Waals surface area contributed by atoms with Crippen LogP contribution in [0.1, 0.15) is 22.8 Å². The number of carbonyl (C=O) groups is 2. The number of hydrogen-bond donors (Lipinski definition) is 2. The van der Waals surface area contributed by atoms with E-state index in [0.717, 1.165) is 0 Å². The molecule has 0 aliphatic heterocycles. The van der Waals surface area contributed by atoms with Crippen LogP contribution >= 0.6 is 11.8 Å². The molecule has 3 N–H and O–H groups in total. The molecule has 0 unspecified atom stereocenters. The number of rotatable bonds is 5. The Morgan fingerprint density at radius 1 is 1.47 bits per heavy atom. The Bertz CT molecular complexity index is 501. The van der Waals surface area contributed by atoms with E-state index in [1.54, 1.807) is 24.3 Å². The lowest BCUT2D eigenvalue weighted by Gasteiger charge is -2.07. The number of ether oxygens (including phenoxy) is 1. The highest BCUT2D eigenvalue weighted by molar-refractivity contribution is 8.13. The first kappa shape index (κ1) is 15.3. The molecule has 0 aliphatic carbocycles. The smallest absolute Gasteiger partial charge is 0.265 e. The van der Waals surface area contributed by atoms with Crippen molar-refractivity contribution in [1.29, 1.82) is 0 Å². The molecular formula is C13H16N2O3S. The third kappa shape index (κ3) is 4.76. The lowest BCUT2D eigenvalue weighted by molar-refractivity contribution is -0.109. The predicted molar refractivity (Wildman–Crippen MR) is 76.8 cm³/mol. The number of nitrogens with two attached hydrogens (primary N) is 1. The van der Waals surface area contributed by atoms with Gasteiger partial charge in [-0.05, 0) is 17.7 Å². The van der Waals surface area contributed by atoms with Crippen LogP contribution in [0.2, 0.25) is 0 Å². The van der Waals surface area contributed by atoms with Gasteiger partial charge in [-0.1, -0.05) is 30.0 Å². The normalized spacial score (nSPS) is 10.5. The molecule has 0 radical (unpaired) electrons. The summed E-state index contributed by atoms with van der Waals surface area (Å²) in [7, 11) is 1.53. The summed E-state index contributed by atoms with van der Waals surface area (Å²) in [5, 5.41) is 0.0549. The molecule has 0 spiro atoms. The lowest BCUT2D eigenvalue weighted by Crippen LogP contribution is -2.30. The van der Waals surface area contributed by atoms with Crippen molar-refractivity contribution in [3.05, 3.63) is 35.4 Å². The van der Waals surface area contributed by atoms with Crippen molar-refractivity contribution < 1.29 is 14.3 Å². The van der Waals surface area contributed by atoms with Gasteiger partial charge in [0.05, 0.1) is 12.7 Å². The van der Waals surface area contributed by atoms with E-state index in [2.05, 4.69) is 5.43 Å². The summed E-state index contributed by atoms with van der Waals surface area (Å²) in [6.45, 7) is 1.51. The summed E-state index contributed by atoms with van der Waals surface area (Å²) in [5.74, 6) is 5.89. The van der Waals surface area contributed by atoms with Crippen molar-refractivity contribution in [3.8, 4) is 5.75 Å². The van der Waals surface area contributed by atoms with Crippen molar-refractivity contribution in [2.75, 3.05) is 12.9 Å². The van der Waals surface area contributed by atoms with Crippen molar-refractivity contribution in [2.45, 2.75) is 6.92 Å². The molecule has 1 aromatic carbocycles. The van der Waals surface area contributed by atoms with Crippen LogP contribution in [-0.4, -0.2) is 23.9 Å². The van der Waals surface area contributed by atoms with Crippen molar-refractivity contribution in [2.24, 2.45) is 5.84 Å². The fourth-order valence-corrected chi connectivity index (χ4v) is 1.85. The number of amides is 1. The number of nitrogen functional groups attached to an aromatic ring is 1. The van der Waals surface area contributed by atoms with E-state index in [1.165, 1.54) is 25.8 Å². The van der Waals surface area contributed by atoms with Crippen molar-refractivity contribution >= 4 is 28.9 Å². The van der Waals surface area contributed by atoms with Crippen molar-refractivity contribution in [1.82, 2.24) is 5.43 Å². The molecule has 6 heteroatoms. The number of benzene rings is 1. The van der Waals surface area contributed by atoms with Gasteiger partial charge < -0.3 is 4.74 Å². The third-order valence-corrected chi connectivity index (χ3v) is 3.08. The molecule has 0 fully saturated rings. The SMILES string of the molecule is COc1ccc(C=CCSC(C)=O)c(C(=O)NN)c1. The maximum atomic E-state index is 11.7. The van der Waals surface area contributed by atoms with Gasteiger partial charge in [-0.3, -0.25) is 15.0 Å². The molecule has 0 heterocycles. The second-order valence-electron chi connectivity index (χ2n) is 3.63. The summed E-state index contributed by atoms with van der Waals surface area (Å²) in [4.78, 5) is 22.5. The zero-order valence-corrected chi connectivity index (χ0v) is 11.6. The molecule has 1 aromatic rings. The van der Waals surface area contributed by atoms with Crippen LogP contribution in [0.25, 0.3) is 6.08 Å². The zero-order valence-electron chi connectivity index (χ0n) is 10.8. The van der Waals surface area contributed by atoms with Gasteiger partial charge in [-0.25, -0.2) is 5.84 Å². The number of thioether (sulfide) groups is 1. The molecule has 102 valence electrons.